The number of hydrogen-bond donors (Lipinski definition) is 2. The highest BCUT2D eigenvalue weighted by molar-refractivity contribution is 14.0. The average Bonchev–Trinajstić information content (AvgIpc) is 2.64. The molecule has 0 spiro atoms. The summed E-state index contributed by atoms with van der Waals surface area (Å²) >= 11 is 0. The second-order valence-electron chi connectivity index (χ2n) is 5.21. The van der Waals surface area contributed by atoms with Crippen LogP contribution < -0.4 is 15.4 Å². The molecule has 0 aromatic heterocycles. The van der Waals surface area contributed by atoms with Gasteiger partial charge >= 0.3 is 0 Å². The van der Waals surface area contributed by atoms with Crippen LogP contribution in [0.5, 0.6) is 5.75 Å². The van der Waals surface area contributed by atoms with Crippen LogP contribution >= 0.6 is 24.0 Å². The van der Waals surface area contributed by atoms with Crippen molar-refractivity contribution >= 4 is 29.9 Å². The Morgan fingerprint density at radius 1 is 1.12 bits per heavy atom. The van der Waals surface area contributed by atoms with Crippen LogP contribution in [0.3, 0.4) is 0 Å². The zero-order valence-electron chi connectivity index (χ0n) is 14.5. The molecule has 0 radical (unpaired) electrons. The number of nitrogens with zero attached hydrogens (tertiary/aromatic N) is 2. The highest BCUT2D eigenvalue weighted by atomic mass is 127. The van der Waals surface area contributed by atoms with E-state index < -0.39 is 0 Å². The minimum atomic E-state index is 0. The van der Waals surface area contributed by atoms with Gasteiger partial charge < -0.3 is 15.4 Å². The van der Waals surface area contributed by atoms with Gasteiger partial charge in [0.25, 0.3) is 0 Å². The van der Waals surface area contributed by atoms with Gasteiger partial charge in [-0.05, 0) is 42.3 Å². The molecule has 0 heterocycles. The van der Waals surface area contributed by atoms with E-state index in [0.29, 0.717) is 18.7 Å². The first-order valence-electron chi connectivity index (χ1n) is 7.89. The van der Waals surface area contributed by atoms with E-state index in [1.807, 2.05) is 49.4 Å². The number of ether oxygens (including phenoxy) is 1. The van der Waals surface area contributed by atoms with Crippen molar-refractivity contribution in [2.75, 3.05) is 13.7 Å². The molecule has 0 aliphatic heterocycles. The molecule has 2 rings (SSSR count). The lowest BCUT2D eigenvalue weighted by Crippen LogP contribution is -2.36. The summed E-state index contributed by atoms with van der Waals surface area (Å²) in [6, 6.07) is 17.6. The van der Waals surface area contributed by atoms with Gasteiger partial charge in [0.05, 0.1) is 25.3 Å². The molecule has 0 bridgehead atoms. The molecule has 0 aliphatic carbocycles. The standard InChI is InChI=1S/C19H22N4O.HI/c1-3-21-19(22-13-15-7-9-18(24-2)10-8-15)23-14-17-6-4-5-16(11-17)12-20;/h4-11H,3,13-14H2,1-2H3,(H2,21,22,23);1H. The quantitative estimate of drug-likeness (QED) is 0.402. The van der Waals surface area contributed by atoms with Crippen molar-refractivity contribution in [3.63, 3.8) is 0 Å². The SMILES string of the molecule is CCNC(=NCc1cccc(C#N)c1)NCc1ccc(OC)cc1.I. The Morgan fingerprint density at radius 3 is 2.52 bits per heavy atom. The van der Waals surface area contributed by atoms with Gasteiger partial charge in [-0.2, -0.15) is 5.26 Å². The fourth-order valence-corrected chi connectivity index (χ4v) is 2.18. The van der Waals surface area contributed by atoms with E-state index in [1.54, 1.807) is 13.2 Å². The molecule has 0 aliphatic rings. The van der Waals surface area contributed by atoms with Gasteiger partial charge in [0.2, 0.25) is 0 Å². The molecule has 25 heavy (non-hydrogen) atoms. The van der Waals surface area contributed by atoms with E-state index >= 15 is 0 Å². The summed E-state index contributed by atoms with van der Waals surface area (Å²) in [5.74, 6) is 1.59. The van der Waals surface area contributed by atoms with Crippen molar-refractivity contribution in [1.82, 2.24) is 10.6 Å². The zero-order chi connectivity index (χ0) is 17.2. The van der Waals surface area contributed by atoms with Crippen molar-refractivity contribution in [1.29, 1.82) is 5.26 Å². The Hall–Kier alpha value is -2.27. The molecule has 2 aromatic carbocycles. The second kappa shape index (κ2) is 11.3. The number of nitrogens with one attached hydrogen (secondary N) is 2. The predicted molar refractivity (Wildman–Crippen MR) is 111 cm³/mol. The van der Waals surface area contributed by atoms with E-state index in [-0.39, 0.29) is 24.0 Å². The van der Waals surface area contributed by atoms with Crippen LogP contribution in [0.15, 0.2) is 53.5 Å². The van der Waals surface area contributed by atoms with E-state index in [9.17, 15) is 0 Å². The molecule has 2 N–H and O–H groups in total. The molecule has 0 atom stereocenters. The maximum absolute atomic E-state index is 8.95. The lowest BCUT2D eigenvalue weighted by atomic mass is 10.1. The van der Waals surface area contributed by atoms with Crippen LogP contribution in [0.1, 0.15) is 23.6 Å². The fourth-order valence-electron chi connectivity index (χ4n) is 2.18. The van der Waals surface area contributed by atoms with E-state index in [4.69, 9.17) is 10.00 Å². The van der Waals surface area contributed by atoms with Gasteiger partial charge in [0.15, 0.2) is 5.96 Å². The molecular weight excluding hydrogens is 427 g/mol. The largest absolute Gasteiger partial charge is 0.497 e. The maximum Gasteiger partial charge on any atom is 0.191 e. The molecule has 0 saturated carbocycles. The summed E-state index contributed by atoms with van der Waals surface area (Å²) in [5, 5.41) is 15.5. The highest BCUT2D eigenvalue weighted by Crippen LogP contribution is 2.11. The first-order chi connectivity index (χ1) is 11.7. The number of methoxy groups -OCH3 is 1. The molecule has 5 nitrogen and oxygen atoms in total. The third-order valence-electron chi connectivity index (χ3n) is 3.44. The lowest BCUT2D eigenvalue weighted by Gasteiger charge is -2.12. The van der Waals surface area contributed by atoms with Crippen LogP contribution in [0, 0.1) is 11.3 Å². The molecule has 132 valence electrons. The molecule has 0 saturated heterocycles. The van der Waals surface area contributed by atoms with Gasteiger partial charge in [0, 0.05) is 13.1 Å². The zero-order valence-corrected chi connectivity index (χ0v) is 16.8. The van der Waals surface area contributed by atoms with Gasteiger partial charge in [-0.1, -0.05) is 24.3 Å². The van der Waals surface area contributed by atoms with Crippen LogP contribution in [0.25, 0.3) is 0 Å². The minimum absolute atomic E-state index is 0. The Balaban J connectivity index is 0.00000312. The predicted octanol–water partition coefficient (Wildman–Crippen LogP) is 3.44. The van der Waals surface area contributed by atoms with E-state index in [0.717, 1.165) is 29.4 Å². The number of halogens is 1. The van der Waals surface area contributed by atoms with Crippen LogP contribution in [-0.2, 0) is 13.1 Å². The smallest absolute Gasteiger partial charge is 0.191 e. The second-order valence-corrected chi connectivity index (χ2v) is 5.21. The van der Waals surface area contributed by atoms with Crippen molar-refractivity contribution in [2.24, 2.45) is 4.99 Å². The summed E-state index contributed by atoms with van der Waals surface area (Å²) in [6.45, 7) is 4.01. The third-order valence-corrected chi connectivity index (χ3v) is 3.44. The van der Waals surface area contributed by atoms with Crippen molar-refractivity contribution in [3.05, 3.63) is 65.2 Å². The van der Waals surface area contributed by atoms with Crippen molar-refractivity contribution in [3.8, 4) is 11.8 Å². The number of benzene rings is 2. The third kappa shape index (κ3) is 7.01. The summed E-state index contributed by atoms with van der Waals surface area (Å²) in [4.78, 5) is 4.57. The fraction of sp³-hybridized carbons (Fsp3) is 0.263. The summed E-state index contributed by atoms with van der Waals surface area (Å²) in [7, 11) is 1.66. The monoisotopic (exact) mass is 450 g/mol. The number of nitriles is 1. The molecule has 0 fully saturated rings. The number of guanidine groups is 1. The molecule has 6 heteroatoms. The highest BCUT2D eigenvalue weighted by Gasteiger charge is 2.00. The lowest BCUT2D eigenvalue weighted by molar-refractivity contribution is 0.414. The molecular formula is C19H23IN4O. The number of hydrogen-bond acceptors (Lipinski definition) is 3. The Morgan fingerprint density at radius 2 is 1.88 bits per heavy atom. The van der Waals surface area contributed by atoms with E-state index in [2.05, 4.69) is 21.7 Å². The van der Waals surface area contributed by atoms with Gasteiger partial charge in [-0.15, -0.1) is 24.0 Å². The van der Waals surface area contributed by atoms with Crippen LogP contribution in [0.4, 0.5) is 0 Å². The van der Waals surface area contributed by atoms with Gasteiger partial charge in [-0.3, -0.25) is 0 Å². The van der Waals surface area contributed by atoms with Gasteiger partial charge in [-0.25, -0.2) is 4.99 Å². The molecule has 0 unspecified atom stereocenters. The van der Waals surface area contributed by atoms with Crippen molar-refractivity contribution < 1.29 is 4.74 Å². The summed E-state index contributed by atoms with van der Waals surface area (Å²) < 4.78 is 5.16. The number of aliphatic imine (C=N–C) groups is 1. The number of rotatable bonds is 6. The Labute approximate surface area is 166 Å². The minimum Gasteiger partial charge on any atom is -0.497 e. The molecule has 0 amide bonds. The van der Waals surface area contributed by atoms with Crippen molar-refractivity contribution in [2.45, 2.75) is 20.0 Å². The maximum atomic E-state index is 8.95. The first-order valence-corrected chi connectivity index (χ1v) is 7.89. The van der Waals surface area contributed by atoms with Crippen LogP contribution in [-0.4, -0.2) is 19.6 Å². The normalized spacial score (nSPS) is 10.4. The Kier molecular flexibility index (Phi) is 9.40. The average molecular weight is 450 g/mol. The summed E-state index contributed by atoms with van der Waals surface area (Å²) in [6.07, 6.45) is 0. The van der Waals surface area contributed by atoms with E-state index in [1.165, 1.54) is 0 Å². The van der Waals surface area contributed by atoms with Crippen LogP contribution in [0.2, 0.25) is 0 Å². The topological polar surface area (TPSA) is 69.4 Å². The Bertz CT molecular complexity index is 723. The first kappa shape index (κ1) is 20.8. The molecule has 2 aromatic rings. The summed E-state index contributed by atoms with van der Waals surface area (Å²) in [5.41, 5.74) is 2.81. The van der Waals surface area contributed by atoms with Gasteiger partial charge in [0.1, 0.15) is 5.75 Å².